The molecule has 2 fully saturated rings. The van der Waals surface area contributed by atoms with Gasteiger partial charge in [-0.25, -0.2) is 18.2 Å². The number of hydrogen-bond donors (Lipinski definition) is 1. The third-order valence-electron chi connectivity index (χ3n) is 8.29. The Morgan fingerprint density at radius 3 is 2.38 bits per heavy atom. The summed E-state index contributed by atoms with van der Waals surface area (Å²) in [5.74, 6) is 1.53. The van der Waals surface area contributed by atoms with E-state index in [1.807, 2.05) is 20.0 Å². The van der Waals surface area contributed by atoms with Crippen LogP contribution in [0.2, 0.25) is 0 Å². The van der Waals surface area contributed by atoms with Gasteiger partial charge in [0, 0.05) is 37.8 Å². The first kappa shape index (κ1) is 27.6. The van der Waals surface area contributed by atoms with Crippen LogP contribution in [0.1, 0.15) is 51.8 Å². The first-order valence-corrected chi connectivity index (χ1v) is 13.9. The van der Waals surface area contributed by atoms with Gasteiger partial charge in [-0.15, -0.1) is 0 Å². The Morgan fingerprint density at radius 2 is 1.69 bits per heavy atom. The first-order chi connectivity index (χ1) is 18.8. The minimum atomic E-state index is -2.76. The van der Waals surface area contributed by atoms with Crippen molar-refractivity contribution in [1.29, 1.82) is 0 Å². The second-order valence-electron chi connectivity index (χ2n) is 10.7. The Kier molecular flexibility index (Phi) is 8.56. The molecule has 0 bridgehead atoms. The average molecular weight is 546 g/mol. The van der Waals surface area contributed by atoms with Crippen LogP contribution in [0.4, 0.5) is 24.9 Å². The van der Waals surface area contributed by atoms with Crippen molar-refractivity contribution in [2.45, 2.75) is 64.2 Å². The third-order valence-corrected chi connectivity index (χ3v) is 8.29. The molecule has 2 aliphatic rings. The molecule has 2 aromatic heterocycles. The maximum Gasteiger partial charge on any atom is 0.296 e. The zero-order chi connectivity index (χ0) is 27.5. The molecule has 8 nitrogen and oxygen atoms in total. The monoisotopic (exact) mass is 545 g/mol. The van der Waals surface area contributed by atoms with Gasteiger partial charge in [-0.2, -0.15) is 9.97 Å². The number of halogens is 3. The number of imidazole rings is 1. The summed E-state index contributed by atoms with van der Waals surface area (Å²) in [5, 5.41) is 3.40. The number of ether oxygens (including phenoxy) is 1. The van der Waals surface area contributed by atoms with Crippen LogP contribution in [0.25, 0.3) is 16.9 Å². The van der Waals surface area contributed by atoms with Crippen molar-refractivity contribution in [3.63, 3.8) is 0 Å². The van der Waals surface area contributed by atoms with E-state index in [9.17, 15) is 13.2 Å². The number of para-hydroxylation sites is 2. The molecule has 0 spiro atoms. The summed E-state index contributed by atoms with van der Waals surface area (Å²) in [4.78, 5) is 17.9. The van der Waals surface area contributed by atoms with E-state index in [1.165, 1.54) is 4.57 Å². The number of morpholine rings is 1. The van der Waals surface area contributed by atoms with Gasteiger partial charge in [0.15, 0.2) is 5.82 Å². The molecule has 1 aromatic carbocycles. The molecule has 1 aliphatic heterocycles. The van der Waals surface area contributed by atoms with Crippen molar-refractivity contribution in [3.05, 3.63) is 36.2 Å². The number of nitrogens with one attached hydrogen (secondary N) is 1. The minimum absolute atomic E-state index is 0.100. The van der Waals surface area contributed by atoms with Crippen LogP contribution in [-0.4, -0.2) is 82.6 Å². The van der Waals surface area contributed by atoms with E-state index in [4.69, 9.17) is 14.7 Å². The number of hydrogen-bond acceptors (Lipinski definition) is 7. The molecular weight excluding hydrogens is 507 g/mol. The number of aromatic nitrogens is 4. The van der Waals surface area contributed by atoms with Gasteiger partial charge >= 0.3 is 0 Å². The highest BCUT2D eigenvalue weighted by Crippen LogP contribution is 2.31. The van der Waals surface area contributed by atoms with Crippen LogP contribution >= 0.6 is 0 Å². The molecule has 1 saturated heterocycles. The Hall–Kier alpha value is -2.92. The van der Waals surface area contributed by atoms with Crippen LogP contribution in [-0.2, 0) is 4.74 Å². The quantitative estimate of drug-likeness (QED) is 0.394. The van der Waals surface area contributed by atoms with Crippen LogP contribution in [0.15, 0.2) is 30.3 Å². The zero-order valence-corrected chi connectivity index (χ0v) is 22.9. The number of alkyl halides is 3. The van der Waals surface area contributed by atoms with Crippen molar-refractivity contribution in [2.75, 3.05) is 50.1 Å². The molecule has 39 heavy (non-hydrogen) atoms. The third kappa shape index (κ3) is 6.14. The molecule has 2 atom stereocenters. The molecule has 3 aromatic rings. The highest BCUT2D eigenvalue weighted by Gasteiger charge is 2.29. The van der Waals surface area contributed by atoms with Crippen molar-refractivity contribution >= 4 is 22.8 Å². The first-order valence-electron chi connectivity index (χ1n) is 13.9. The molecule has 0 radical (unpaired) electrons. The SMILES string of the molecule is CC(F)C(C)N(C)C1CCC(CNc2nc(N3CCOCC3)cc(-n3c(C(F)F)nc4ccccc43)n2)CC1. The predicted molar refractivity (Wildman–Crippen MR) is 147 cm³/mol. The molecule has 0 amide bonds. The fourth-order valence-corrected chi connectivity index (χ4v) is 5.65. The Balaban J connectivity index is 1.37. The van der Waals surface area contributed by atoms with Crippen molar-refractivity contribution in [2.24, 2.45) is 5.92 Å². The largest absolute Gasteiger partial charge is 0.378 e. The smallest absolute Gasteiger partial charge is 0.296 e. The molecule has 5 rings (SSSR count). The van der Waals surface area contributed by atoms with Gasteiger partial charge in [0.25, 0.3) is 6.43 Å². The standard InChI is InChI=1S/C28H38F3N7O/c1-18(29)19(2)36(3)21-10-8-20(9-11-21)17-32-28-34-24(37-12-14-39-15-13-37)16-25(35-28)38-23-7-5-4-6-22(23)33-27(38)26(30)31/h4-7,16,18-21,26H,8-15,17H2,1-3H3,(H,32,34,35). The maximum atomic E-state index is 14.1. The van der Waals surface area contributed by atoms with Crippen molar-refractivity contribution in [1.82, 2.24) is 24.4 Å². The van der Waals surface area contributed by atoms with E-state index in [0.717, 1.165) is 25.7 Å². The second kappa shape index (κ2) is 12.1. The van der Waals surface area contributed by atoms with Gasteiger partial charge in [-0.3, -0.25) is 9.47 Å². The number of anilines is 2. The molecular formula is C28H38F3N7O. The summed E-state index contributed by atoms with van der Waals surface area (Å²) in [6.45, 7) is 6.73. The van der Waals surface area contributed by atoms with Gasteiger partial charge in [0.05, 0.1) is 24.2 Å². The molecule has 1 saturated carbocycles. The molecule has 3 heterocycles. The minimum Gasteiger partial charge on any atom is -0.378 e. The summed E-state index contributed by atoms with van der Waals surface area (Å²) >= 11 is 0. The summed E-state index contributed by atoms with van der Waals surface area (Å²) in [6.07, 6.45) is 0.446. The van der Waals surface area contributed by atoms with E-state index in [1.54, 1.807) is 31.2 Å². The van der Waals surface area contributed by atoms with E-state index < -0.39 is 12.6 Å². The lowest BCUT2D eigenvalue weighted by Gasteiger charge is -2.38. The molecule has 11 heteroatoms. The molecule has 1 N–H and O–H groups in total. The van der Waals surface area contributed by atoms with E-state index in [0.29, 0.717) is 73.4 Å². The normalized spacial score (nSPS) is 22.0. The van der Waals surface area contributed by atoms with Crippen LogP contribution in [0.5, 0.6) is 0 Å². The van der Waals surface area contributed by atoms with Crippen LogP contribution in [0, 0.1) is 5.92 Å². The summed E-state index contributed by atoms with van der Waals surface area (Å²) in [7, 11) is 2.02. The lowest BCUT2D eigenvalue weighted by Crippen LogP contribution is -2.44. The van der Waals surface area contributed by atoms with Gasteiger partial charge in [0.2, 0.25) is 5.95 Å². The zero-order valence-electron chi connectivity index (χ0n) is 22.9. The lowest BCUT2D eigenvalue weighted by molar-refractivity contribution is 0.0858. The van der Waals surface area contributed by atoms with Crippen LogP contribution in [0.3, 0.4) is 0 Å². The molecule has 2 unspecified atom stereocenters. The topological polar surface area (TPSA) is 71.3 Å². The predicted octanol–water partition coefficient (Wildman–Crippen LogP) is 5.24. The van der Waals surface area contributed by atoms with Crippen molar-refractivity contribution < 1.29 is 17.9 Å². The second-order valence-corrected chi connectivity index (χ2v) is 10.7. The van der Waals surface area contributed by atoms with Crippen LogP contribution < -0.4 is 10.2 Å². The fourth-order valence-electron chi connectivity index (χ4n) is 5.65. The van der Waals surface area contributed by atoms with E-state index >= 15 is 0 Å². The summed E-state index contributed by atoms with van der Waals surface area (Å²) in [5.41, 5.74) is 1.07. The lowest BCUT2D eigenvalue weighted by atomic mass is 9.85. The van der Waals surface area contributed by atoms with E-state index in [-0.39, 0.29) is 11.9 Å². The number of nitrogens with zero attached hydrogens (tertiary/aromatic N) is 6. The van der Waals surface area contributed by atoms with Crippen molar-refractivity contribution in [3.8, 4) is 5.82 Å². The van der Waals surface area contributed by atoms with E-state index in [2.05, 4.69) is 20.1 Å². The van der Waals surface area contributed by atoms with Gasteiger partial charge in [-0.05, 0) is 64.6 Å². The Bertz CT molecular complexity index is 1240. The fraction of sp³-hybridized carbons (Fsp3) is 0.607. The molecule has 212 valence electrons. The maximum absolute atomic E-state index is 14.1. The highest BCUT2D eigenvalue weighted by molar-refractivity contribution is 5.78. The average Bonchev–Trinajstić information content (AvgIpc) is 3.36. The van der Waals surface area contributed by atoms with Gasteiger partial charge in [-0.1, -0.05) is 12.1 Å². The van der Waals surface area contributed by atoms with Gasteiger partial charge < -0.3 is 15.0 Å². The Labute approximate surface area is 227 Å². The summed E-state index contributed by atoms with van der Waals surface area (Å²) < 4.78 is 48.9. The molecule has 1 aliphatic carbocycles. The Morgan fingerprint density at radius 1 is 1.00 bits per heavy atom. The number of rotatable bonds is 9. The summed E-state index contributed by atoms with van der Waals surface area (Å²) in [6, 6.07) is 9.13. The van der Waals surface area contributed by atoms with Gasteiger partial charge in [0.1, 0.15) is 17.8 Å². The number of fused-ring (bicyclic) bond motifs is 1. The number of benzene rings is 1. The highest BCUT2D eigenvalue weighted by atomic mass is 19.3.